The fraction of sp³-hybridized carbons (Fsp3) is 0.625. The molecule has 1 heterocycles. The molecule has 0 aliphatic heterocycles. The van der Waals surface area contributed by atoms with Gasteiger partial charge in [0.25, 0.3) is 0 Å². The van der Waals surface area contributed by atoms with Crippen LogP contribution in [-0.4, -0.2) is 4.57 Å². The second-order valence-electron chi connectivity index (χ2n) is 2.67. The van der Waals surface area contributed by atoms with E-state index in [-0.39, 0.29) is 87.8 Å². The largest absolute Gasteiger partial charge is 3.00 e. The molecule has 0 aliphatic carbocycles. The third kappa shape index (κ3) is 13.6. The van der Waals surface area contributed by atoms with E-state index in [1.165, 1.54) is 12.8 Å². The van der Waals surface area contributed by atoms with Crippen LogP contribution in [0.5, 0.6) is 0 Å². The van der Waals surface area contributed by atoms with Crippen molar-refractivity contribution in [3.8, 4) is 0 Å². The van der Waals surface area contributed by atoms with E-state index in [1.807, 2.05) is 7.05 Å². The monoisotopic (exact) mass is 443 g/mol. The summed E-state index contributed by atoms with van der Waals surface area (Å²) in [5.41, 5.74) is 0. The van der Waals surface area contributed by atoms with Crippen molar-refractivity contribution in [3.05, 3.63) is 18.7 Å². The molecule has 0 fully saturated rings. The van der Waals surface area contributed by atoms with Crippen LogP contribution in [0.1, 0.15) is 19.8 Å². The first-order chi connectivity index (χ1) is 4.83. The number of imidazole rings is 1. The SMILES string of the molecule is CCCCn1cc[n+](C)c1.[Cl-].[Cl-].[Cl-].[Cl-].[Dy+3]. The number of halogens is 4. The van der Waals surface area contributed by atoms with Crippen LogP contribution < -0.4 is 54.2 Å². The normalized spacial score (nSPS) is 6.80. The molecule has 0 atom stereocenters. The molecule has 15 heavy (non-hydrogen) atoms. The molecule has 1 rings (SSSR count). The van der Waals surface area contributed by atoms with Crippen LogP contribution in [0.2, 0.25) is 0 Å². The Labute approximate surface area is 147 Å². The average molecular weight is 444 g/mol. The Kier molecular flexibility index (Phi) is 36.1. The number of aromatic nitrogens is 2. The Morgan fingerprint density at radius 1 is 1.13 bits per heavy atom. The van der Waals surface area contributed by atoms with E-state index >= 15 is 0 Å². The Balaban J connectivity index is -0.0000000667. The van der Waals surface area contributed by atoms with Gasteiger partial charge in [-0.05, 0) is 6.42 Å². The fourth-order valence-electron chi connectivity index (χ4n) is 0.975. The minimum atomic E-state index is 0. The van der Waals surface area contributed by atoms with Crippen LogP contribution in [-0.2, 0) is 13.6 Å². The van der Waals surface area contributed by atoms with Crippen LogP contribution in [0.3, 0.4) is 0 Å². The van der Waals surface area contributed by atoms with Gasteiger partial charge in [0.15, 0.2) is 0 Å². The molecule has 0 bridgehead atoms. The Morgan fingerprint density at radius 3 is 2.00 bits per heavy atom. The van der Waals surface area contributed by atoms with E-state index < -0.39 is 0 Å². The second-order valence-corrected chi connectivity index (χ2v) is 2.67. The summed E-state index contributed by atoms with van der Waals surface area (Å²) < 4.78 is 4.28. The molecule has 0 unspecified atom stereocenters. The maximum absolute atomic E-state index is 2.21. The minimum absolute atomic E-state index is 0. The zero-order valence-electron chi connectivity index (χ0n) is 8.58. The fourth-order valence-corrected chi connectivity index (χ4v) is 0.975. The van der Waals surface area contributed by atoms with Crippen molar-refractivity contribution >= 4 is 0 Å². The first-order valence-corrected chi connectivity index (χ1v) is 3.84. The molecule has 0 N–H and O–H groups in total. The molecular weight excluding hydrogens is 428 g/mol. The van der Waals surface area contributed by atoms with Gasteiger partial charge in [-0.1, -0.05) is 13.3 Å². The maximum atomic E-state index is 2.21. The molecule has 2 nitrogen and oxygen atoms in total. The van der Waals surface area contributed by atoms with Crippen LogP contribution in [0, 0.1) is 38.2 Å². The first kappa shape index (κ1) is 30.0. The summed E-state index contributed by atoms with van der Waals surface area (Å²) in [6.07, 6.45) is 8.82. The van der Waals surface area contributed by atoms with E-state index in [1.54, 1.807) is 0 Å². The smallest absolute Gasteiger partial charge is 1.00 e. The zero-order valence-corrected chi connectivity index (χ0v) is 13.6. The van der Waals surface area contributed by atoms with E-state index in [0.717, 1.165) is 6.54 Å². The van der Waals surface area contributed by atoms with Crippen LogP contribution in [0.15, 0.2) is 18.7 Å². The molecule has 95 valence electrons. The summed E-state index contributed by atoms with van der Waals surface area (Å²) in [5.74, 6) is 0. The van der Waals surface area contributed by atoms with Crippen molar-refractivity contribution in [3.63, 3.8) is 0 Å². The van der Waals surface area contributed by atoms with Crippen molar-refractivity contribution in [2.24, 2.45) is 7.05 Å². The summed E-state index contributed by atoms with van der Waals surface area (Å²) in [6.45, 7) is 3.36. The third-order valence-corrected chi connectivity index (χ3v) is 1.59. The first-order valence-electron chi connectivity index (χ1n) is 3.84. The molecule has 0 aromatic carbocycles. The zero-order chi connectivity index (χ0) is 7.40. The van der Waals surface area contributed by atoms with Crippen LogP contribution in [0.4, 0.5) is 0 Å². The number of hydrogen-bond acceptors (Lipinski definition) is 0. The third-order valence-electron chi connectivity index (χ3n) is 1.59. The topological polar surface area (TPSA) is 8.81 Å². The van der Waals surface area contributed by atoms with Crippen molar-refractivity contribution in [1.29, 1.82) is 0 Å². The van der Waals surface area contributed by atoms with Crippen LogP contribution >= 0.6 is 0 Å². The number of unbranched alkanes of at least 4 members (excludes halogenated alkanes) is 1. The Morgan fingerprint density at radius 2 is 1.67 bits per heavy atom. The van der Waals surface area contributed by atoms with Gasteiger partial charge in [0.1, 0.15) is 12.4 Å². The molecule has 0 amide bonds. The van der Waals surface area contributed by atoms with Crippen molar-refractivity contribution in [1.82, 2.24) is 4.57 Å². The number of hydrogen-bond donors (Lipinski definition) is 0. The maximum Gasteiger partial charge on any atom is 3.00 e. The number of rotatable bonds is 3. The van der Waals surface area contributed by atoms with Gasteiger partial charge in [-0.25, -0.2) is 9.13 Å². The van der Waals surface area contributed by atoms with E-state index in [0.29, 0.717) is 0 Å². The van der Waals surface area contributed by atoms with Crippen molar-refractivity contribution in [2.45, 2.75) is 26.3 Å². The van der Waals surface area contributed by atoms with Crippen LogP contribution in [0.25, 0.3) is 0 Å². The molecule has 1 radical (unpaired) electrons. The van der Waals surface area contributed by atoms with Crippen molar-refractivity contribution in [2.75, 3.05) is 0 Å². The average Bonchev–Trinajstić information content (AvgIpc) is 2.31. The molecule has 0 aliphatic rings. The minimum Gasteiger partial charge on any atom is -1.00 e. The molecule has 0 saturated carbocycles. The summed E-state index contributed by atoms with van der Waals surface area (Å²) >= 11 is 0. The van der Waals surface area contributed by atoms with E-state index in [4.69, 9.17) is 0 Å². The quantitative estimate of drug-likeness (QED) is 0.411. The molecule has 0 spiro atoms. The van der Waals surface area contributed by atoms with E-state index in [9.17, 15) is 0 Å². The van der Waals surface area contributed by atoms with Gasteiger partial charge >= 0.3 is 38.2 Å². The summed E-state index contributed by atoms with van der Waals surface area (Å²) in [6, 6.07) is 0. The Hall–Kier alpha value is 1.64. The Bertz CT molecular complexity index is 208. The predicted molar refractivity (Wildman–Crippen MR) is 40.5 cm³/mol. The van der Waals surface area contributed by atoms with Crippen molar-refractivity contribution < 1.29 is 92.4 Å². The predicted octanol–water partition coefficient (Wildman–Crippen LogP) is -10.9. The van der Waals surface area contributed by atoms with Gasteiger partial charge in [-0.15, -0.1) is 0 Å². The summed E-state index contributed by atoms with van der Waals surface area (Å²) in [4.78, 5) is 0. The number of nitrogens with zero attached hydrogens (tertiary/aromatic N) is 2. The standard InChI is InChI=1S/C8H15N2.4ClH.Dy/c1-3-4-5-10-7-6-9(2)8-10;;;;;/h6-8H,3-5H2,1-2H3;4*1H;/q+1;;;;;+3/p-4. The van der Waals surface area contributed by atoms with Gasteiger partial charge in [0, 0.05) is 0 Å². The second kappa shape index (κ2) is 18.0. The molecule has 7 heteroatoms. The molecule has 1 aromatic rings. The number of aryl methyl sites for hydroxylation is 2. The van der Waals surface area contributed by atoms with Gasteiger partial charge in [-0.3, -0.25) is 0 Å². The van der Waals surface area contributed by atoms with E-state index in [2.05, 4.69) is 34.8 Å². The molecular formula is C8H15Cl4DyN2. The van der Waals surface area contributed by atoms with Gasteiger partial charge in [-0.2, -0.15) is 0 Å². The van der Waals surface area contributed by atoms with Gasteiger partial charge in [0.05, 0.1) is 13.6 Å². The van der Waals surface area contributed by atoms with Gasteiger partial charge in [0.2, 0.25) is 6.33 Å². The molecule has 0 saturated heterocycles. The van der Waals surface area contributed by atoms with Gasteiger partial charge < -0.3 is 49.6 Å². The molecule has 1 aromatic heterocycles. The summed E-state index contributed by atoms with van der Waals surface area (Å²) in [5, 5.41) is 0. The summed E-state index contributed by atoms with van der Waals surface area (Å²) in [7, 11) is 2.04.